The molecule has 94 valence electrons. The molecule has 0 aliphatic heterocycles. The number of aromatic nitrogens is 1. The smallest absolute Gasteiger partial charge is 0.252 e. The highest BCUT2D eigenvalue weighted by atomic mass is 79.9. The number of benzene rings is 1. The summed E-state index contributed by atoms with van der Waals surface area (Å²) in [7, 11) is 0. The summed E-state index contributed by atoms with van der Waals surface area (Å²) in [5.41, 5.74) is 2.43. The quantitative estimate of drug-likeness (QED) is 0.948. The second-order valence-electron chi connectivity index (χ2n) is 4.09. The van der Waals surface area contributed by atoms with Crippen molar-refractivity contribution in [3.05, 3.63) is 51.3 Å². The van der Waals surface area contributed by atoms with Crippen LogP contribution >= 0.6 is 15.9 Å². The average Bonchev–Trinajstić information content (AvgIpc) is 2.72. The first kappa shape index (κ1) is 12.8. The van der Waals surface area contributed by atoms with Gasteiger partial charge in [0.05, 0.1) is 12.1 Å². The molecule has 0 unspecified atom stereocenters. The number of hydrogen-bond donors (Lipinski definition) is 1. The van der Waals surface area contributed by atoms with E-state index < -0.39 is 0 Å². The molecule has 1 aromatic heterocycles. The number of rotatable bonds is 3. The van der Waals surface area contributed by atoms with E-state index in [2.05, 4.69) is 26.4 Å². The molecule has 0 radical (unpaired) electrons. The molecular weight excluding hydrogens is 296 g/mol. The molecule has 1 amide bonds. The van der Waals surface area contributed by atoms with Crippen LogP contribution in [0.15, 0.2) is 33.3 Å². The maximum Gasteiger partial charge on any atom is 0.252 e. The molecule has 0 saturated heterocycles. The molecule has 1 aromatic carbocycles. The zero-order valence-electron chi connectivity index (χ0n) is 10.2. The summed E-state index contributed by atoms with van der Waals surface area (Å²) in [6, 6.07) is 7.41. The van der Waals surface area contributed by atoms with Crippen molar-refractivity contribution >= 4 is 21.8 Å². The minimum atomic E-state index is -0.137. The number of nitrogens with one attached hydrogen (secondary N) is 1. The summed E-state index contributed by atoms with van der Waals surface area (Å²) in [4.78, 5) is 12.0. The first-order valence-corrected chi connectivity index (χ1v) is 6.32. The van der Waals surface area contributed by atoms with Gasteiger partial charge in [-0.1, -0.05) is 11.2 Å². The topological polar surface area (TPSA) is 55.1 Å². The highest BCUT2D eigenvalue weighted by molar-refractivity contribution is 9.10. The summed E-state index contributed by atoms with van der Waals surface area (Å²) in [6.45, 7) is 4.15. The number of amides is 1. The van der Waals surface area contributed by atoms with Gasteiger partial charge in [0.25, 0.3) is 5.91 Å². The van der Waals surface area contributed by atoms with Gasteiger partial charge in [0.15, 0.2) is 0 Å². The van der Waals surface area contributed by atoms with Crippen LogP contribution in [0.1, 0.15) is 27.4 Å². The largest absolute Gasteiger partial charge is 0.361 e. The summed E-state index contributed by atoms with van der Waals surface area (Å²) in [5, 5.41) is 6.61. The van der Waals surface area contributed by atoms with E-state index in [1.807, 2.05) is 26.0 Å². The summed E-state index contributed by atoms with van der Waals surface area (Å²) < 4.78 is 5.72. The number of hydrogen-bond acceptors (Lipinski definition) is 3. The van der Waals surface area contributed by atoms with E-state index in [1.54, 1.807) is 12.1 Å². The van der Waals surface area contributed by atoms with Crippen molar-refractivity contribution < 1.29 is 9.32 Å². The molecule has 5 heteroatoms. The van der Waals surface area contributed by atoms with E-state index in [9.17, 15) is 4.79 Å². The van der Waals surface area contributed by atoms with E-state index >= 15 is 0 Å². The van der Waals surface area contributed by atoms with Gasteiger partial charge < -0.3 is 9.84 Å². The Labute approximate surface area is 113 Å². The van der Waals surface area contributed by atoms with Crippen LogP contribution < -0.4 is 5.32 Å². The Morgan fingerprint density at radius 3 is 2.78 bits per heavy atom. The van der Waals surface area contributed by atoms with Gasteiger partial charge in [0, 0.05) is 10.5 Å². The van der Waals surface area contributed by atoms with Crippen molar-refractivity contribution in [2.24, 2.45) is 0 Å². The lowest BCUT2D eigenvalue weighted by molar-refractivity contribution is 0.0949. The Balaban J connectivity index is 2.03. The molecule has 2 rings (SSSR count). The van der Waals surface area contributed by atoms with Crippen molar-refractivity contribution in [3.8, 4) is 0 Å². The Bertz CT molecular complexity index is 578. The standard InChI is InChI=1S/C13H13BrN2O2/c1-8-3-4-11(12(14)5-8)13(17)15-7-10-6-9(2)18-16-10/h3-6H,7H2,1-2H3,(H,15,17). The minimum absolute atomic E-state index is 0.137. The molecule has 0 fully saturated rings. The fourth-order valence-corrected chi connectivity index (χ4v) is 2.24. The third kappa shape index (κ3) is 2.98. The Kier molecular flexibility index (Phi) is 3.81. The van der Waals surface area contributed by atoms with Gasteiger partial charge in [-0.3, -0.25) is 4.79 Å². The molecule has 0 bridgehead atoms. The first-order valence-electron chi connectivity index (χ1n) is 5.53. The highest BCUT2D eigenvalue weighted by Gasteiger charge is 2.10. The maximum atomic E-state index is 12.0. The lowest BCUT2D eigenvalue weighted by atomic mass is 10.1. The summed E-state index contributed by atoms with van der Waals surface area (Å²) in [5.74, 6) is 0.596. The van der Waals surface area contributed by atoms with E-state index in [1.165, 1.54) is 0 Å². The van der Waals surface area contributed by atoms with Crippen LogP contribution in [0.3, 0.4) is 0 Å². The lowest BCUT2D eigenvalue weighted by Crippen LogP contribution is -2.23. The predicted molar refractivity (Wildman–Crippen MR) is 71.3 cm³/mol. The molecule has 2 aromatic rings. The molecule has 0 saturated carbocycles. The molecule has 18 heavy (non-hydrogen) atoms. The lowest BCUT2D eigenvalue weighted by Gasteiger charge is -2.05. The fourth-order valence-electron chi connectivity index (χ4n) is 1.57. The third-order valence-electron chi connectivity index (χ3n) is 2.48. The number of aryl methyl sites for hydroxylation is 2. The van der Waals surface area contributed by atoms with E-state index in [0.29, 0.717) is 17.8 Å². The van der Waals surface area contributed by atoms with Crippen molar-refractivity contribution in [2.75, 3.05) is 0 Å². The zero-order chi connectivity index (χ0) is 13.1. The van der Waals surface area contributed by atoms with Crippen molar-refractivity contribution in [1.82, 2.24) is 10.5 Å². The van der Waals surface area contributed by atoms with Gasteiger partial charge in [-0.25, -0.2) is 0 Å². The minimum Gasteiger partial charge on any atom is -0.361 e. The predicted octanol–water partition coefficient (Wildman–Crippen LogP) is 2.98. The maximum absolute atomic E-state index is 12.0. The first-order chi connectivity index (χ1) is 8.56. The molecular formula is C13H13BrN2O2. The molecule has 4 nitrogen and oxygen atoms in total. The third-order valence-corrected chi connectivity index (χ3v) is 3.13. The highest BCUT2D eigenvalue weighted by Crippen LogP contribution is 2.18. The molecule has 0 aliphatic carbocycles. The second kappa shape index (κ2) is 5.35. The molecule has 0 spiro atoms. The van der Waals surface area contributed by atoms with Crippen LogP contribution in [0.25, 0.3) is 0 Å². The van der Waals surface area contributed by atoms with Gasteiger partial charge in [0.2, 0.25) is 0 Å². The average molecular weight is 309 g/mol. The number of nitrogens with zero attached hydrogens (tertiary/aromatic N) is 1. The Morgan fingerprint density at radius 2 is 2.17 bits per heavy atom. The summed E-state index contributed by atoms with van der Waals surface area (Å²) >= 11 is 3.38. The fraction of sp³-hybridized carbons (Fsp3) is 0.231. The van der Waals surface area contributed by atoms with Crippen LogP contribution in [0.4, 0.5) is 0 Å². The van der Waals surface area contributed by atoms with Gasteiger partial charge >= 0.3 is 0 Å². The van der Waals surface area contributed by atoms with Gasteiger partial charge in [-0.2, -0.15) is 0 Å². The van der Waals surface area contributed by atoms with E-state index in [0.717, 1.165) is 15.8 Å². The Hall–Kier alpha value is -1.62. The van der Waals surface area contributed by atoms with Crippen molar-refractivity contribution in [2.45, 2.75) is 20.4 Å². The molecule has 1 N–H and O–H groups in total. The van der Waals surface area contributed by atoms with Crippen LogP contribution in [0.5, 0.6) is 0 Å². The number of halogens is 1. The van der Waals surface area contributed by atoms with E-state index in [4.69, 9.17) is 4.52 Å². The number of carbonyl (C=O) groups excluding carboxylic acids is 1. The normalized spacial score (nSPS) is 10.4. The zero-order valence-corrected chi connectivity index (χ0v) is 11.7. The van der Waals surface area contributed by atoms with Crippen LogP contribution in [-0.4, -0.2) is 11.1 Å². The van der Waals surface area contributed by atoms with Crippen molar-refractivity contribution in [3.63, 3.8) is 0 Å². The SMILES string of the molecule is Cc1ccc(C(=O)NCc2cc(C)on2)c(Br)c1. The monoisotopic (exact) mass is 308 g/mol. The van der Waals surface area contributed by atoms with Gasteiger partial charge in [-0.15, -0.1) is 0 Å². The number of carbonyl (C=O) groups is 1. The van der Waals surface area contributed by atoms with E-state index in [-0.39, 0.29) is 5.91 Å². The van der Waals surface area contributed by atoms with Gasteiger partial charge in [-0.05, 0) is 47.5 Å². The Morgan fingerprint density at radius 1 is 1.39 bits per heavy atom. The molecule has 0 aliphatic rings. The van der Waals surface area contributed by atoms with Crippen molar-refractivity contribution in [1.29, 1.82) is 0 Å². The molecule has 1 heterocycles. The van der Waals surface area contributed by atoms with Gasteiger partial charge in [0.1, 0.15) is 11.5 Å². The van der Waals surface area contributed by atoms with Crippen LogP contribution in [-0.2, 0) is 6.54 Å². The molecule has 0 atom stereocenters. The second-order valence-corrected chi connectivity index (χ2v) is 4.95. The van der Waals surface area contributed by atoms with Crippen LogP contribution in [0.2, 0.25) is 0 Å². The summed E-state index contributed by atoms with van der Waals surface area (Å²) in [6.07, 6.45) is 0. The van der Waals surface area contributed by atoms with Crippen LogP contribution in [0, 0.1) is 13.8 Å².